The van der Waals surface area contributed by atoms with Crippen LogP contribution in [-0.4, -0.2) is 64.3 Å². The maximum absolute atomic E-state index is 13.0. The van der Waals surface area contributed by atoms with Gasteiger partial charge in [-0.15, -0.1) is 6.42 Å². The first kappa shape index (κ1) is 26.7. The highest BCUT2D eigenvalue weighted by Gasteiger charge is 2.29. The lowest BCUT2D eigenvalue weighted by molar-refractivity contribution is -0.130. The fraction of sp³-hybridized carbons (Fsp3) is 0.500. The van der Waals surface area contributed by atoms with Crippen LogP contribution >= 0.6 is 0 Å². The van der Waals surface area contributed by atoms with Crippen molar-refractivity contribution in [3.05, 3.63) is 53.1 Å². The average molecular weight is 502 g/mol. The molecule has 2 amide bonds. The van der Waals surface area contributed by atoms with Gasteiger partial charge >= 0.3 is 0 Å². The first-order valence-electron chi connectivity index (χ1n) is 13.1. The van der Waals surface area contributed by atoms with Gasteiger partial charge in [-0.2, -0.15) is 0 Å². The van der Waals surface area contributed by atoms with Crippen molar-refractivity contribution < 1.29 is 9.59 Å². The number of nitrogens with one attached hydrogen (secondary N) is 2. The van der Waals surface area contributed by atoms with E-state index in [4.69, 9.17) is 6.42 Å². The van der Waals surface area contributed by atoms with Crippen LogP contribution in [-0.2, 0) is 10.2 Å². The molecule has 37 heavy (non-hydrogen) atoms. The third-order valence-electron chi connectivity index (χ3n) is 7.74. The van der Waals surface area contributed by atoms with E-state index in [1.54, 1.807) is 13.1 Å². The number of terminal acetylenes is 1. The SMILES string of the molecule is C#Cc1c[nH]c(C(=O)Nc2ccc(C(C)(C)CN3CCN(C(C)=O)CC3)cc2C2=CCC(C)(C)CC2)n1. The zero-order valence-corrected chi connectivity index (χ0v) is 22.8. The van der Waals surface area contributed by atoms with Gasteiger partial charge in [0.15, 0.2) is 5.82 Å². The van der Waals surface area contributed by atoms with E-state index in [9.17, 15) is 9.59 Å². The predicted molar refractivity (Wildman–Crippen MR) is 148 cm³/mol. The van der Waals surface area contributed by atoms with Crippen LogP contribution in [0.4, 0.5) is 5.69 Å². The van der Waals surface area contributed by atoms with E-state index in [0.29, 0.717) is 5.69 Å². The average Bonchev–Trinajstić information content (AvgIpc) is 3.34. The molecule has 1 saturated heterocycles. The number of nitrogens with zero attached hydrogens (tertiary/aromatic N) is 3. The minimum Gasteiger partial charge on any atom is -0.340 e. The van der Waals surface area contributed by atoms with Gasteiger partial charge in [-0.1, -0.05) is 39.8 Å². The molecular formula is C30H39N5O2. The van der Waals surface area contributed by atoms with Gasteiger partial charge in [-0.05, 0) is 53.9 Å². The van der Waals surface area contributed by atoms with Crippen LogP contribution in [0.2, 0.25) is 0 Å². The lowest BCUT2D eigenvalue weighted by atomic mass is 9.75. The number of carbonyl (C=O) groups excluding carboxylic acids is 2. The molecule has 0 radical (unpaired) electrons. The zero-order valence-electron chi connectivity index (χ0n) is 22.8. The minimum absolute atomic E-state index is 0.104. The van der Waals surface area contributed by atoms with Gasteiger partial charge < -0.3 is 15.2 Å². The molecule has 196 valence electrons. The van der Waals surface area contributed by atoms with Crippen molar-refractivity contribution in [2.75, 3.05) is 38.0 Å². The molecule has 1 aliphatic carbocycles. The molecule has 1 fully saturated rings. The van der Waals surface area contributed by atoms with Crippen molar-refractivity contribution in [2.24, 2.45) is 5.41 Å². The summed E-state index contributed by atoms with van der Waals surface area (Å²) in [6, 6.07) is 6.39. The molecule has 7 heteroatoms. The van der Waals surface area contributed by atoms with Gasteiger partial charge in [0.1, 0.15) is 5.69 Å². The summed E-state index contributed by atoms with van der Waals surface area (Å²) in [4.78, 5) is 36.1. The largest absolute Gasteiger partial charge is 0.340 e. The van der Waals surface area contributed by atoms with Crippen molar-refractivity contribution >= 4 is 23.1 Å². The van der Waals surface area contributed by atoms with E-state index in [0.717, 1.165) is 63.2 Å². The summed E-state index contributed by atoms with van der Waals surface area (Å²) in [5.41, 5.74) is 4.94. The molecule has 1 aromatic carbocycles. The standard InChI is InChI=1S/C30H39N5O2/c1-7-24-19-31-27(32-24)28(37)33-26-9-8-23(18-25(26)22-10-12-29(3,4)13-11-22)30(5,6)20-34-14-16-35(17-15-34)21(2)36/h1,8-10,18-19H,11-17,20H2,2-6H3,(H,31,32)(H,33,37). The minimum atomic E-state index is -0.310. The Morgan fingerprint density at radius 2 is 1.95 bits per heavy atom. The quantitative estimate of drug-likeness (QED) is 0.564. The van der Waals surface area contributed by atoms with Crippen LogP contribution in [0.15, 0.2) is 30.5 Å². The highest BCUT2D eigenvalue weighted by molar-refractivity contribution is 6.03. The molecule has 0 atom stereocenters. The van der Waals surface area contributed by atoms with Gasteiger partial charge in [-0.3, -0.25) is 14.5 Å². The molecule has 2 aromatic rings. The Hall–Kier alpha value is -3.37. The van der Waals surface area contributed by atoms with Crippen LogP contribution in [0.25, 0.3) is 5.57 Å². The maximum Gasteiger partial charge on any atom is 0.291 e. The Bertz CT molecular complexity index is 1240. The Labute approximate surface area is 220 Å². The molecule has 2 N–H and O–H groups in total. The molecule has 1 aliphatic heterocycles. The summed E-state index contributed by atoms with van der Waals surface area (Å²) in [5.74, 6) is 2.49. The second-order valence-electron chi connectivity index (χ2n) is 11.8. The summed E-state index contributed by atoms with van der Waals surface area (Å²) >= 11 is 0. The molecular weight excluding hydrogens is 462 g/mol. The number of H-pyrrole nitrogens is 1. The second-order valence-corrected chi connectivity index (χ2v) is 11.8. The van der Waals surface area contributed by atoms with Gasteiger partial charge in [0.2, 0.25) is 5.91 Å². The van der Waals surface area contributed by atoms with Crippen LogP contribution in [0.3, 0.4) is 0 Å². The molecule has 0 bridgehead atoms. The maximum atomic E-state index is 13.0. The monoisotopic (exact) mass is 501 g/mol. The molecule has 0 unspecified atom stereocenters. The first-order valence-corrected chi connectivity index (χ1v) is 13.1. The van der Waals surface area contributed by atoms with E-state index in [1.807, 2.05) is 11.0 Å². The topological polar surface area (TPSA) is 81.3 Å². The lowest BCUT2D eigenvalue weighted by Crippen LogP contribution is -2.50. The zero-order chi connectivity index (χ0) is 26.8. The van der Waals surface area contributed by atoms with E-state index in [1.165, 1.54) is 11.1 Å². The smallest absolute Gasteiger partial charge is 0.291 e. The van der Waals surface area contributed by atoms with Crippen LogP contribution < -0.4 is 5.32 Å². The molecule has 7 nitrogen and oxygen atoms in total. The fourth-order valence-electron chi connectivity index (χ4n) is 5.23. The first-order chi connectivity index (χ1) is 17.5. The van der Waals surface area contributed by atoms with E-state index in [-0.39, 0.29) is 28.5 Å². The number of aromatic nitrogens is 2. The van der Waals surface area contributed by atoms with Crippen molar-refractivity contribution in [1.29, 1.82) is 0 Å². The second kappa shape index (κ2) is 10.5. The Morgan fingerprint density at radius 1 is 1.22 bits per heavy atom. The van der Waals surface area contributed by atoms with Gasteiger partial charge in [-0.25, -0.2) is 4.98 Å². The Balaban J connectivity index is 1.59. The van der Waals surface area contributed by atoms with Crippen molar-refractivity contribution in [2.45, 2.75) is 59.3 Å². The summed E-state index contributed by atoms with van der Waals surface area (Å²) in [6.07, 6.45) is 12.4. The Morgan fingerprint density at radius 3 is 2.54 bits per heavy atom. The molecule has 1 aromatic heterocycles. The summed E-state index contributed by atoms with van der Waals surface area (Å²) in [6.45, 7) is 15.0. The number of imidazole rings is 1. The van der Waals surface area contributed by atoms with Crippen LogP contribution in [0, 0.1) is 17.8 Å². The van der Waals surface area contributed by atoms with E-state index < -0.39 is 0 Å². The number of carbonyl (C=O) groups is 2. The number of hydrogen-bond acceptors (Lipinski definition) is 4. The van der Waals surface area contributed by atoms with Crippen LogP contribution in [0.1, 0.15) is 81.3 Å². The third-order valence-corrected chi connectivity index (χ3v) is 7.74. The third kappa shape index (κ3) is 6.31. The number of anilines is 1. The lowest BCUT2D eigenvalue weighted by Gasteiger charge is -2.39. The number of amides is 2. The normalized spacial score (nSPS) is 18.2. The number of rotatable bonds is 6. The molecule has 0 spiro atoms. The predicted octanol–water partition coefficient (Wildman–Crippen LogP) is 4.68. The highest BCUT2D eigenvalue weighted by atomic mass is 16.2. The van der Waals surface area contributed by atoms with Crippen molar-refractivity contribution in [1.82, 2.24) is 19.8 Å². The summed E-state index contributed by atoms with van der Waals surface area (Å²) in [5, 5.41) is 3.07. The summed E-state index contributed by atoms with van der Waals surface area (Å²) < 4.78 is 0. The number of benzene rings is 1. The molecule has 4 rings (SSSR count). The number of allylic oxidation sites excluding steroid dienone is 2. The van der Waals surface area contributed by atoms with E-state index in [2.05, 4.69) is 72.0 Å². The van der Waals surface area contributed by atoms with Gasteiger partial charge in [0, 0.05) is 62.5 Å². The highest BCUT2D eigenvalue weighted by Crippen LogP contribution is 2.41. The number of aromatic amines is 1. The summed E-state index contributed by atoms with van der Waals surface area (Å²) in [7, 11) is 0. The van der Waals surface area contributed by atoms with Crippen molar-refractivity contribution in [3.63, 3.8) is 0 Å². The molecule has 2 aliphatic rings. The van der Waals surface area contributed by atoms with Crippen LogP contribution in [0.5, 0.6) is 0 Å². The number of piperazine rings is 1. The fourth-order valence-corrected chi connectivity index (χ4v) is 5.23. The van der Waals surface area contributed by atoms with E-state index >= 15 is 0 Å². The molecule has 0 saturated carbocycles. The Kier molecular flexibility index (Phi) is 7.61. The number of hydrogen-bond donors (Lipinski definition) is 2. The molecule has 2 heterocycles. The van der Waals surface area contributed by atoms with Gasteiger partial charge in [0.25, 0.3) is 5.91 Å². The van der Waals surface area contributed by atoms with Gasteiger partial charge in [0.05, 0.1) is 0 Å². The van der Waals surface area contributed by atoms with Crippen molar-refractivity contribution in [3.8, 4) is 12.3 Å².